The highest BCUT2D eigenvalue weighted by atomic mass is 16.5. The second kappa shape index (κ2) is 5.84. The summed E-state index contributed by atoms with van der Waals surface area (Å²) >= 11 is 0. The molecule has 0 aliphatic heterocycles. The van der Waals surface area contributed by atoms with Gasteiger partial charge < -0.3 is 9.84 Å². The van der Waals surface area contributed by atoms with Crippen LogP contribution in [0, 0.1) is 5.41 Å². The van der Waals surface area contributed by atoms with Crippen LogP contribution < -0.4 is 5.32 Å². The Bertz CT molecular complexity index is 257. The minimum atomic E-state index is -0.953. The maximum absolute atomic E-state index is 11.2. The minimum absolute atomic E-state index is 0.119. The summed E-state index contributed by atoms with van der Waals surface area (Å²) < 4.78 is 4.53. The lowest BCUT2D eigenvalue weighted by Gasteiger charge is -2.25. The number of hydrogen-bond donors (Lipinski definition) is 2. The molecule has 0 aromatic rings. The standard InChI is InChI=1S/C11H21NO4/c1-7(10(15)16-5)12-8(9(13)14)6-11(2,3)4/h7-8,12H,6H2,1-5H3,(H,13,14)/t7-,8-/m1/s1. The predicted molar refractivity (Wildman–Crippen MR) is 60.1 cm³/mol. The van der Waals surface area contributed by atoms with Crippen molar-refractivity contribution in [3.05, 3.63) is 0 Å². The Labute approximate surface area is 96.2 Å². The van der Waals surface area contributed by atoms with Crippen LogP contribution in [-0.4, -0.2) is 36.2 Å². The molecule has 0 saturated heterocycles. The molecule has 0 fully saturated rings. The lowest BCUT2D eigenvalue weighted by molar-refractivity contribution is -0.145. The fraction of sp³-hybridized carbons (Fsp3) is 0.818. The molecule has 0 heterocycles. The maximum Gasteiger partial charge on any atom is 0.322 e. The summed E-state index contributed by atoms with van der Waals surface area (Å²) in [5, 5.41) is 11.8. The first-order valence-corrected chi connectivity index (χ1v) is 5.24. The molecule has 5 nitrogen and oxygen atoms in total. The van der Waals surface area contributed by atoms with Crippen molar-refractivity contribution in [3.63, 3.8) is 0 Å². The first-order chi connectivity index (χ1) is 7.17. The van der Waals surface area contributed by atoms with Crippen molar-refractivity contribution in [2.75, 3.05) is 7.11 Å². The van der Waals surface area contributed by atoms with E-state index in [1.54, 1.807) is 6.92 Å². The van der Waals surface area contributed by atoms with Gasteiger partial charge in [-0.1, -0.05) is 20.8 Å². The number of aliphatic carboxylic acids is 1. The number of nitrogens with one attached hydrogen (secondary N) is 1. The van der Waals surface area contributed by atoms with Crippen LogP contribution in [-0.2, 0) is 14.3 Å². The van der Waals surface area contributed by atoms with Crippen LogP contribution in [0.5, 0.6) is 0 Å². The van der Waals surface area contributed by atoms with Gasteiger partial charge in [-0.2, -0.15) is 0 Å². The van der Waals surface area contributed by atoms with E-state index in [1.807, 2.05) is 20.8 Å². The summed E-state index contributed by atoms with van der Waals surface area (Å²) in [5.41, 5.74) is -0.119. The molecule has 0 saturated carbocycles. The molecule has 16 heavy (non-hydrogen) atoms. The molecule has 2 atom stereocenters. The molecule has 0 spiro atoms. The van der Waals surface area contributed by atoms with E-state index in [1.165, 1.54) is 7.11 Å². The zero-order chi connectivity index (χ0) is 12.9. The summed E-state index contributed by atoms with van der Waals surface area (Å²) in [4.78, 5) is 22.2. The topological polar surface area (TPSA) is 75.6 Å². The Morgan fingerprint density at radius 3 is 2.19 bits per heavy atom. The van der Waals surface area contributed by atoms with Crippen LogP contribution in [0.2, 0.25) is 0 Å². The highest BCUT2D eigenvalue weighted by Crippen LogP contribution is 2.21. The van der Waals surface area contributed by atoms with Crippen molar-refractivity contribution in [1.29, 1.82) is 0 Å². The fourth-order valence-corrected chi connectivity index (χ4v) is 1.38. The zero-order valence-electron chi connectivity index (χ0n) is 10.5. The SMILES string of the molecule is COC(=O)[C@@H](C)N[C@H](CC(C)(C)C)C(=O)O. The number of carbonyl (C=O) groups is 2. The largest absolute Gasteiger partial charge is 0.480 e. The van der Waals surface area contributed by atoms with Gasteiger partial charge in [0.1, 0.15) is 12.1 Å². The number of rotatable bonds is 5. The number of ether oxygens (including phenoxy) is 1. The lowest BCUT2D eigenvalue weighted by atomic mass is 9.88. The van der Waals surface area contributed by atoms with Crippen molar-refractivity contribution < 1.29 is 19.4 Å². The van der Waals surface area contributed by atoms with Crippen molar-refractivity contribution in [1.82, 2.24) is 5.32 Å². The Morgan fingerprint density at radius 2 is 1.88 bits per heavy atom. The lowest BCUT2D eigenvalue weighted by Crippen LogP contribution is -2.47. The first-order valence-electron chi connectivity index (χ1n) is 5.24. The molecular weight excluding hydrogens is 210 g/mol. The van der Waals surface area contributed by atoms with E-state index in [0.29, 0.717) is 6.42 Å². The third-order valence-corrected chi connectivity index (χ3v) is 2.12. The number of hydrogen-bond acceptors (Lipinski definition) is 4. The molecule has 0 amide bonds. The highest BCUT2D eigenvalue weighted by Gasteiger charge is 2.27. The second-order valence-electron chi connectivity index (χ2n) is 5.07. The monoisotopic (exact) mass is 231 g/mol. The Kier molecular flexibility index (Phi) is 5.44. The smallest absolute Gasteiger partial charge is 0.322 e. The average Bonchev–Trinajstić information content (AvgIpc) is 2.13. The van der Waals surface area contributed by atoms with Crippen LogP contribution >= 0.6 is 0 Å². The van der Waals surface area contributed by atoms with E-state index in [4.69, 9.17) is 5.11 Å². The molecular formula is C11H21NO4. The van der Waals surface area contributed by atoms with E-state index >= 15 is 0 Å². The van der Waals surface area contributed by atoms with Gasteiger partial charge in [0.2, 0.25) is 0 Å². The third-order valence-electron chi connectivity index (χ3n) is 2.12. The second-order valence-corrected chi connectivity index (χ2v) is 5.07. The Hall–Kier alpha value is -1.10. The summed E-state index contributed by atoms with van der Waals surface area (Å²) in [5.74, 6) is -1.41. The first kappa shape index (κ1) is 14.9. The van der Waals surface area contributed by atoms with E-state index in [0.717, 1.165) is 0 Å². The van der Waals surface area contributed by atoms with Gasteiger partial charge in [0.15, 0.2) is 0 Å². The van der Waals surface area contributed by atoms with Crippen LogP contribution in [0.4, 0.5) is 0 Å². The quantitative estimate of drug-likeness (QED) is 0.691. The molecule has 0 unspecified atom stereocenters. The van der Waals surface area contributed by atoms with E-state index in [9.17, 15) is 9.59 Å². The average molecular weight is 231 g/mol. The van der Waals surface area contributed by atoms with Crippen molar-refractivity contribution in [2.45, 2.75) is 46.2 Å². The fourth-order valence-electron chi connectivity index (χ4n) is 1.38. The van der Waals surface area contributed by atoms with E-state index in [-0.39, 0.29) is 5.41 Å². The van der Waals surface area contributed by atoms with Gasteiger partial charge in [0.05, 0.1) is 7.11 Å². The van der Waals surface area contributed by atoms with Gasteiger partial charge in [0, 0.05) is 0 Å². The molecule has 0 aliphatic carbocycles. The molecule has 0 aromatic carbocycles. The summed E-state index contributed by atoms with van der Waals surface area (Å²) in [7, 11) is 1.28. The highest BCUT2D eigenvalue weighted by molar-refractivity contribution is 5.78. The molecule has 0 rings (SSSR count). The number of carboxylic acid groups (broad SMARTS) is 1. The molecule has 0 bridgehead atoms. The van der Waals surface area contributed by atoms with Gasteiger partial charge in [-0.15, -0.1) is 0 Å². The minimum Gasteiger partial charge on any atom is -0.480 e. The van der Waals surface area contributed by atoms with Crippen molar-refractivity contribution in [2.24, 2.45) is 5.41 Å². The van der Waals surface area contributed by atoms with Crippen LogP contribution in [0.25, 0.3) is 0 Å². The summed E-state index contributed by atoms with van der Waals surface area (Å²) in [6.07, 6.45) is 0.448. The van der Waals surface area contributed by atoms with Crippen LogP contribution in [0.3, 0.4) is 0 Å². The molecule has 0 radical (unpaired) electrons. The molecule has 0 aromatic heterocycles. The van der Waals surface area contributed by atoms with E-state index in [2.05, 4.69) is 10.1 Å². The number of carboxylic acids is 1. The third kappa shape index (κ3) is 5.70. The van der Waals surface area contributed by atoms with Gasteiger partial charge in [0.25, 0.3) is 0 Å². The van der Waals surface area contributed by atoms with Gasteiger partial charge in [-0.3, -0.25) is 14.9 Å². The Morgan fingerprint density at radius 1 is 1.38 bits per heavy atom. The Balaban J connectivity index is 4.46. The molecule has 0 aliphatic rings. The summed E-state index contributed by atoms with van der Waals surface area (Å²) in [6.45, 7) is 7.44. The van der Waals surface area contributed by atoms with Crippen molar-refractivity contribution in [3.8, 4) is 0 Å². The van der Waals surface area contributed by atoms with Crippen LogP contribution in [0.15, 0.2) is 0 Å². The van der Waals surface area contributed by atoms with E-state index < -0.39 is 24.0 Å². The van der Waals surface area contributed by atoms with Gasteiger partial charge in [-0.05, 0) is 18.8 Å². The number of methoxy groups -OCH3 is 1. The molecule has 2 N–H and O–H groups in total. The predicted octanol–water partition coefficient (Wildman–Crippen LogP) is 1.03. The summed E-state index contributed by atoms with van der Waals surface area (Å²) in [6, 6.07) is -1.36. The molecule has 94 valence electrons. The molecule has 5 heteroatoms. The van der Waals surface area contributed by atoms with Gasteiger partial charge >= 0.3 is 11.9 Å². The van der Waals surface area contributed by atoms with Gasteiger partial charge in [-0.25, -0.2) is 0 Å². The van der Waals surface area contributed by atoms with Crippen LogP contribution in [0.1, 0.15) is 34.1 Å². The normalized spacial score (nSPS) is 15.3. The number of esters is 1. The number of carbonyl (C=O) groups excluding carboxylic acids is 1. The van der Waals surface area contributed by atoms with Crippen molar-refractivity contribution >= 4 is 11.9 Å². The zero-order valence-corrected chi connectivity index (χ0v) is 10.5. The maximum atomic E-state index is 11.2.